The molecule has 450 valence electrons. The molecule has 0 unspecified atom stereocenters. The fourth-order valence-corrected chi connectivity index (χ4v) is 13.5. The van der Waals surface area contributed by atoms with Crippen molar-refractivity contribution in [2.45, 2.75) is 129 Å². The van der Waals surface area contributed by atoms with Gasteiger partial charge in [0.05, 0.1) is 55.4 Å². The zero-order valence-corrected chi connectivity index (χ0v) is 50.3. The van der Waals surface area contributed by atoms with Crippen molar-refractivity contribution in [3.63, 3.8) is 0 Å². The Kier molecular flexibility index (Phi) is 12.4. The van der Waals surface area contributed by atoms with Crippen LogP contribution in [0.5, 0.6) is 0 Å². The van der Waals surface area contributed by atoms with Gasteiger partial charge in [0.2, 0.25) is 0 Å². The molecule has 9 aromatic carbocycles. The molecule has 0 fully saturated rings. The van der Waals surface area contributed by atoms with Crippen LogP contribution in [0.25, 0.3) is 121 Å². The van der Waals surface area contributed by atoms with Crippen molar-refractivity contribution >= 4 is 76.2 Å². The highest BCUT2D eigenvalue weighted by Gasteiger charge is 2.44. The minimum atomic E-state index is -5.20. The fourth-order valence-electron chi connectivity index (χ4n) is 13.5. The van der Waals surface area contributed by atoms with Crippen molar-refractivity contribution in [2.75, 3.05) is 0 Å². The summed E-state index contributed by atoms with van der Waals surface area (Å²) in [5.41, 5.74) is -0.195. The zero-order chi connectivity index (χ0) is 63.4. The summed E-state index contributed by atoms with van der Waals surface area (Å²) < 4.78 is 186. The van der Waals surface area contributed by atoms with Gasteiger partial charge in [0.15, 0.2) is 0 Å². The zero-order valence-electron chi connectivity index (χ0n) is 50.3. The number of benzene rings is 9. The Labute approximate surface area is 499 Å². The molecule has 0 aliphatic heterocycles. The van der Waals surface area contributed by atoms with Crippen LogP contribution in [-0.2, 0) is 46.4 Å². The summed E-state index contributed by atoms with van der Waals surface area (Å²) in [5, 5.41) is 4.62. The van der Waals surface area contributed by atoms with Gasteiger partial charge in [-0.25, -0.2) is 0 Å². The number of alkyl halides is 12. The van der Waals surface area contributed by atoms with Crippen molar-refractivity contribution in [1.82, 2.24) is 8.80 Å². The molecule has 0 saturated heterocycles. The van der Waals surface area contributed by atoms with Crippen LogP contribution >= 0.6 is 0 Å². The molecule has 0 radical (unpaired) electrons. The Morgan fingerprint density at radius 3 is 0.807 bits per heavy atom. The summed E-state index contributed by atoms with van der Waals surface area (Å²) in [7, 11) is 0. The number of hydrogen-bond acceptors (Lipinski definition) is 0. The lowest BCUT2D eigenvalue weighted by atomic mass is 9.78. The SMILES string of the molecule is CC(C)(C)c1cc(-c2cccc3c4c5c6ccc(-c7c(C(F)(F)F)cccc7C(F)(F)F)cc6n6c7c(-c8cc(C(C)(C)C)cc(C(C)(C)C)c8)cccc7c(c7c8ccc(-c9c(C(F)(F)F)cccc9C(F)(F)F)cc8n(c23)c74)c56)cc(C(C)(C)C)c1. The summed E-state index contributed by atoms with van der Waals surface area (Å²) in [4.78, 5) is 0. The van der Waals surface area contributed by atoms with E-state index in [2.05, 4.69) is 119 Å². The van der Waals surface area contributed by atoms with Gasteiger partial charge < -0.3 is 8.80 Å². The molecule has 2 nitrogen and oxygen atoms in total. The summed E-state index contributed by atoms with van der Waals surface area (Å²) in [5.74, 6) is 0. The fraction of sp³-hybridized carbons (Fsp3) is 0.270. The van der Waals surface area contributed by atoms with Gasteiger partial charge >= 0.3 is 24.7 Å². The predicted octanol–water partition coefficient (Wildman–Crippen LogP) is 23.9. The average Bonchev–Trinajstić information content (AvgIpc) is 1.49. The van der Waals surface area contributed by atoms with Gasteiger partial charge in [0.1, 0.15) is 0 Å². The summed E-state index contributed by atoms with van der Waals surface area (Å²) in [6.07, 6.45) is -20.8. The van der Waals surface area contributed by atoms with Gasteiger partial charge in [0.25, 0.3) is 0 Å². The molecule has 88 heavy (non-hydrogen) atoms. The Morgan fingerprint density at radius 1 is 0.261 bits per heavy atom. The molecule has 0 amide bonds. The van der Waals surface area contributed by atoms with Crippen LogP contribution in [0.15, 0.2) is 146 Å². The van der Waals surface area contributed by atoms with Crippen LogP contribution < -0.4 is 0 Å². The van der Waals surface area contributed by atoms with Crippen molar-refractivity contribution in [2.24, 2.45) is 0 Å². The predicted molar refractivity (Wildman–Crippen MR) is 332 cm³/mol. The van der Waals surface area contributed by atoms with E-state index in [-0.39, 0.29) is 32.8 Å². The summed E-state index contributed by atoms with van der Waals surface area (Å²) in [6, 6.07) is 36.8. The third kappa shape index (κ3) is 8.98. The summed E-state index contributed by atoms with van der Waals surface area (Å²) >= 11 is 0. The lowest BCUT2D eigenvalue weighted by molar-refractivity contribution is -0.143. The average molecular weight is 1210 g/mol. The van der Waals surface area contributed by atoms with Crippen LogP contribution in [0.3, 0.4) is 0 Å². The van der Waals surface area contributed by atoms with Gasteiger partial charge in [0, 0.05) is 65.3 Å². The van der Waals surface area contributed by atoms with E-state index in [1.54, 1.807) is 12.1 Å². The molecule has 4 heterocycles. The normalized spacial score (nSPS) is 13.9. The minimum Gasteiger partial charge on any atom is -0.307 e. The van der Waals surface area contributed by atoms with E-state index in [0.29, 0.717) is 112 Å². The molecule has 0 atom stereocenters. The number of hydrogen-bond donors (Lipinski definition) is 0. The molecule has 0 aliphatic carbocycles. The topological polar surface area (TPSA) is 8.82 Å². The van der Waals surface area contributed by atoms with Gasteiger partial charge in [-0.2, -0.15) is 52.7 Å². The van der Waals surface area contributed by atoms with Gasteiger partial charge in [-0.05, 0) is 103 Å². The standard InChI is InChI=1S/C74H60F12N2/c1-67(2,3)41-29-39(30-42(35-41)68(4,5)6)45-17-13-19-49-61-59-48-28-26-38(58-53(73(81,82)83)23-16-24-54(58)74(84,85)86)34-56(48)88-64-46(40-31-43(69(7,8)9)36-44(32-40)70(10,11)12)18-14-20-50(64)62(66(59)88)60-47-27-25-37(33-55(47)87(63(45)49)65(60)61)57-51(71(75,76)77)21-15-22-52(57)72(78,79)80/h13-36H,1-12H3. The second-order valence-electron chi connectivity index (χ2n) is 27.8. The quantitative estimate of drug-likeness (QED) is 0.155. The number of rotatable bonds is 4. The highest BCUT2D eigenvalue weighted by molar-refractivity contribution is 6.46. The number of aromatic nitrogens is 2. The minimum absolute atomic E-state index is 0.302. The van der Waals surface area contributed by atoms with E-state index >= 15 is 52.7 Å². The first-order chi connectivity index (χ1) is 40.7. The number of para-hydroxylation sites is 2. The van der Waals surface area contributed by atoms with Crippen LogP contribution in [0.4, 0.5) is 52.7 Å². The molecule has 0 spiro atoms. The molecule has 13 aromatic rings. The highest BCUT2D eigenvalue weighted by Crippen LogP contribution is 2.56. The second-order valence-corrected chi connectivity index (χ2v) is 27.8. The van der Waals surface area contributed by atoms with Crippen LogP contribution in [0.1, 0.15) is 128 Å². The first-order valence-corrected chi connectivity index (χ1v) is 29.0. The first kappa shape index (κ1) is 58.7. The second kappa shape index (κ2) is 18.6. The van der Waals surface area contributed by atoms with E-state index in [4.69, 9.17) is 0 Å². The number of nitrogens with zero attached hydrogens (tertiary/aromatic N) is 2. The molecular weight excluding hydrogens is 1140 g/mol. The van der Waals surface area contributed by atoms with E-state index in [9.17, 15) is 0 Å². The first-order valence-electron chi connectivity index (χ1n) is 29.0. The molecule has 0 aliphatic rings. The monoisotopic (exact) mass is 1200 g/mol. The smallest absolute Gasteiger partial charge is 0.307 e. The molecule has 0 bridgehead atoms. The third-order valence-electron chi connectivity index (χ3n) is 17.8. The maximum Gasteiger partial charge on any atom is 0.417 e. The molecule has 0 N–H and O–H groups in total. The number of fused-ring (bicyclic) bond motifs is 14. The van der Waals surface area contributed by atoms with Crippen molar-refractivity contribution in [3.05, 3.63) is 190 Å². The van der Waals surface area contributed by atoms with E-state index in [0.717, 1.165) is 45.5 Å². The Morgan fingerprint density at radius 2 is 0.534 bits per heavy atom. The Bertz CT molecular complexity index is 4600. The highest BCUT2D eigenvalue weighted by atomic mass is 19.4. The summed E-state index contributed by atoms with van der Waals surface area (Å²) in [6.45, 7) is 25.2. The van der Waals surface area contributed by atoms with E-state index in [1.165, 1.54) is 24.3 Å². The molecule has 14 heteroatoms. The van der Waals surface area contributed by atoms with Gasteiger partial charge in [-0.1, -0.05) is 192 Å². The van der Waals surface area contributed by atoms with Gasteiger partial charge in [-0.3, -0.25) is 0 Å². The lowest BCUT2D eigenvalue weighted by Gasteiger charge is -2.26. The van der Waals surface area contributed by atoms with Gasteiger partial charge in [-0.15, -0.1) is 0 Å². The Balaban J connectivity index is 1.30. The lowest BCUT2D eigenvalue weighted by Crippen LogP contribution is -2.16. The van der Waals surface area contributed by atoms with Crippen molar-refractivity contribution in [1.29, 1.82) is 0 Å². The largest absolute Gasteiger partial charge is 0.417 e. The van der Waals surface area contributed by atoms with E-state index in [1.807, 2.05) is 45.2 Å². The Hall–Kier alpha value is -8.26. The molecule has 4 aromatic heterocycles. The maximum absolute atomic E-state index is 15.2. The van der Waals surface area contributed by atoms with Crippen molar-refractivity contribution < 1.29 is 52.7 Å². The molecular formula is C74H60F12N2. The van der Waals surface area contributed by atoms with E-state index < -0.39 is 58.1 Å². The third-order valence-corrected chi connectivity index (χ3v) is 17.8. The van der Waals surface area contributed by atoms with Crippen molar-refractivity contribution in [3.8, 4) is 44.5 Å². The van der Waals surface area contributed by atoms with Crippen LogP contribution in [-0.4, -0.2) is 8.80 Å². The molecule has 13 rings (SSSR count). The van der Waals surface area contributed by atoms with Crippen LogP contribution in [0, 0.1) is 0 Å². The molecule has 0 saturated carbocycles. The van der Waals surface area contributed by atoms with Crippen LogP contribution in [0.2, 0.25) is 0 Å². The maximum atomic E-state index is 15.2. The number of halogens is 12.